The van der Waals surface area contributed by atoms with Gasteiger partial charge in [0.05, 0.1) is 0 Å². The number of likely N-dealkylation sites (tertiary alicyclic amines) is 2. The lowest BCUT2D eigenvalue weighted by atomic mass is 9.95. The summed E-state index contributed by atoms with van der Waals surface area (Å²) in [5.74, 6) is 2.30. The molecule has 0 aromatic carbocycles. The molecule has 1 atom stereocenters. The Morgan fingerprint density at radius 1 is 1.14 bits per heavy atom. The average Bonchev–Trinajstić information content (AvgIpc) is 3.45. The normalized spacial score (nSPS) is 21.8. The van der Waals surface area contributed by atoms with Crippen molar-refractivity contribution < 1.29 is 4.79 Å². The number of carbonyl (C=O) groups is 1. The highest BCUT2D eigenvalue weighted by molar-refractivity contribution is 5.78. The lowest BCUT2D eigenvalue weighted by molar-refractivity contribution is -0.127. The molecular formula is C19H24N8O. The van der Waals surface area contributed by atoms with Gasteiger partial charge in [0, 0.05) is 44.4 Å². The second-order valence-corrected chi connectivity index (χ2v) is 7.74. The molecule has 0 bridgehead atoms. The Balaban J connectivity index is 1.29. The third-order valence-corrected chi connectivity index (χ3v) is 6.07. The summed E-state index contributed by atoms with van der Waals surface area (Å²) in [6.07, 6.45) is 7.33. The number of fused-ring (bicyclic) bond motifs is 1. The van der Waals surface area contributed by atoms with Crippen LogP contribution in [0.3, 0.4) is 0 Å². The first kappa shape index (κ1) is 17.3. The van der Waals surface area contributed by atoms with Gasteiger partial charge in [0.1, 0.15) is 0 Å². The molecule has 0 radical (unpaired) electrons. The molecule has 0 N–H and O–H groups in total. The number of amides is 1. The van der Waals surface area contributed by atoms with E-state index in [0.717, 1.165) is 56.2 Å². The summed E-state index contributed by atoms with van der Waals surface area (Å²) in [6, 6.07) is 6.08. The van der Waals surface area contributed by atoms with Crippen LogP contribution in [-0.2, 0) is 4.79 Å². The van der Waals surface area contributed by atoms with Crippen LogP contribution in [0.5, 0.6) is 0 Å². The second kappa shape index (κ2) is 6.97. The molecule has 2 fully saturated rings. The molecule has 5 heterocycles. The largest absolute Gasteiger partial charge is 0.341 e. The molecular weight excluding hydrogens is 356 g/mol. The Morgan fingerprint density at radius 3 is 2.71 bits per heavy atom. The Hall–Kier alpha value is -2.81. The van der Waals surface area contributed by atoms with E-state index in [4.69, 9.17) is 5.10 Å². The maximum atomic E-state index is 11.7. The zero-order valence-electron chi connectivity index (χ0n) is 16.0. The van der Waals surface area contributed by atoms with E-state index in [2.05, 4.69) is 20.2 Å². The molecule has 9 nitrogen and oxygen atoms in total. The smallest absolute Gasteiger partial charge is 0.222 e. The van der Waals surface area contributed by atoms with Crippen LogP contribution in [-0.4, -0.2) is 78.0 Å². The van der Waals surface area contributed by atoms with Gasteiger partial charge in [-0.3, -0.25) is 4.79 Å². The molecule has 28 heavy (non-hydrogen) atoms. The molecule has 1 unspecified atom stereocenters. The van der Waals surface area contributed by atoms with E-state index in [1.165, 1.54) is 0 Å². The topological polar surface area (TPSA) is 84.5 Å². The van der Waals surface area contributed by atoms with Crippen LogP contribution in [0, 0.1) is 0 Å². The summed E-state index contributed by atoms with van der Waals surface area (Å²) >= 11 is 0. The lowest BCUT2D eigenvalue weighted by Crippen LogP contribution is -2.43. The molecule has 9 heteroatoms. The first-order chi connectivity index (χ1) is 13.7. The van der Waals surface area contributed by atoms with Gasteiger partial charge in [-0.2, -0.15) is 9.61 Å². The second-order valence-electron chi connectivity index (χ2n) is 7.74. The van der Waals surface area contributed by atoms with Gasteiger partial charge in [-0.05, 0) is 50.6 Å². The average molecular weight is 380 g/mol. The molecule has 2 saturated heterocycles. The fourth-order valence-electron chi connectivity index (χ4n) is 4.33. The highest BCUT2D eigenvalue weighted by atomic mass is 16.2. The summed E-state index contributed by atoms with van der Waals surface area (Å²) in [4.78, 5) is 16.1. The van der Waals surface area contributed by atoms with Crippen molar-refractivity contribution >= 4 is 11.6 Å². The maximum Gasteiger partial charge on any atom is 0.222 e. The van der Waals surface area contributed by atoms with E-state index in [1.54, 1.807) is 10.9 Å². The first-order valence-electron chi connectivity index (χ1n) is 9.89. The molecule has 0 aliphatic carbocycles. The molecule has 2 aliphatic rings. The summed E-state index contributed by atoms with van der Waals surface area (Å²) < 4.78 is 3.60. The molecule has 1 amide bonds. The van der Waals surface area contributed by atoms with E-state index >= 15 is 0 Å². The van der Waals surface area contributed by atoms with Crippen LogP contribution in [0.4, 0.5) is 0 Å². The summed E-state index contributed by atoms with van der Waals surface area (Å²) in [5, 5.41) is 17.7. The highest BCUT2D eigenvalue weighted by Gasteiger charge is 2.31. The van der Waals surface area contributed by atoms with Crippen molar-refractivity contribution in [1.29, 1.82) is 0 Å². The van der Waals surface area contributed by atoms with Crippen molar-refractivity contribution in [2.24, 2.45) is 0 Å². The summed E-state index contributed by atoms with van der Waals surface area (Å²) in [5.41, 5.74) is 0.763. The van der Waals surface area contributed by atoms with Crippen molar-refractivity contribution in [3.63, 3.8) is 0 Å². The number of carbonyl (C=O) groups excluding carboxylic acids is 1. The number of hydrogen-bond acceptors (Lipinski definition) is 6. The first-order valence-corrected chi connectivity index (χ1v) is 9.89. The van der Waals surface area contributed by atoms with Crippen molar-refractivity contribution in [1.82, 2.24) is 39.4 Å². The van der Waals surface area contributed by atoms with Crippen molar-refractivity contribution in [2.75, 3.05) is 26.7 Å². The maximum absolute atomic E-state index is 11.7. The Kier molecular flexibility index (Phi) is 4.31. The van der Waals surface area contributed by atoms with Gasteiger partial charge in [-0.15, -0.1) is 15.3 Å². The lowest BCUT2D eigenvalue weighted by Gasteiger charge is -2.34. The standard InChI is InChI=1S/C19H24N8O/c1-24-15(3-6-18(24)28)13-25-11-7-14(8-12-25)19-22-21-16-4-5-17(23-27(16)19)26-10-2-9-20-26/h2,4-5,9-10,14-15H,3,6-8,11-13H2,1H3. The van der Waals surface area contributed by atoms with Gasteiger partial charge in [-0.25, -0.2) is 4.68 Å². The summed E-state index contributed by atoms with van der Waals surface area (Å²) in [6.45, 7) is 2.99. The predicted octanol–water partition coefficient (Wildman–Crippen LogP) is 1.11. The Morgan fingerprint density at radius 2 is 2.00 bits per heavy atom. The molecule has 0 saturated carbocycles. The van der Waals surface area contributed by atoms with E-state index < -0.39 is 0 Å². The van der Waals surface area contributed by atoms with E-state index in [9.17, 15) is 4.79 Å². The summed E-state index contributed by atoms with van der Waals surface area (Å²) in [7, 11) is 1.93. The van der Waals surface area contributed by atoms with Crippen molar-refractivity contribution in [3.05, 3.63) is 36.4 Å². The van der Waals surface area contributed by atoms with Crippen LogP contribution in [0.2, 0.25) is 0 Å². The minimum absolute atomic E-state index is 0.272. The van der Waals surface area contributed by atoms with Gasteiger partial charge in [0.2, 0.25) is 5.91 Å². The quantitative estimate of drug-likeness (QED) is 0.674. The predicted molar refractivity (Wildman–Crippen MR) is 102 cm³/mol. The van der Waals surface area contributed by atoms with Gasteiger partial charge in [0.15, 0.2) is 17.3 Å². The van der Waals surface area contributed by atoms with Crippen LogP contribution < -0.4 is 0 Å². The van der Waals surface area contributed by atoms with Crippen LogP contribution in [0.1, 0.15) is 37.4 Å². The molecule has 5 rings (SSSR count). The van der Waals surface area contributed by atoms with Crippen molar-refractivity contribution in [2.45, 2.75) is 37.6 Å². The molecule has 3 aromatic heterocycles. The zero-order chi connectivity index (χ0) is 19.1. The number of likely N-dealkylation sites (N-methyl/N-ethyl adjacent to an activating group) is 1. The fourth-order valence-corrected chi connectivity index (χ4v) is 4.33. The minimum atomic E-state index is 0.272. The molecule has 3 aromatic rings. The van der Waals surface area contributed by atoms with Gasteiger partial charge in [-0.1, -0.05) is 0 Å². The van der Waals surface area contributed by atoms with Gasteiger partial charge in [0.25, 0.3) is 0 Å². The number of rotatable bonds is 4. The van der Waals surface area contributed by atoms with Crippen LogP contribution in [0.25, 0.3) is 11.5 Å². The Labute approximate surface area is 162 Å². The van der Waals surface area contributed by atoms with Gasteiger partial charge >= 0.3 is 0 Å². The number of nitrogens with zero attached hydrogens (tertiary/aromatic N) is 8. The SMILES string of the molecule is CN1C(=O)CCC1CN1CCC(c2nnc3ccc(-n4cccn4)nn23)CC1. The minimum Gasteiger partial charge on any atom is -0.341 e. The van der Waals surface area contributed by atoms with Crippen LogP contribution in [0.15, 0.2) is 30.6 Å². The molecule has 146 valence electrons. The third-order valence-electron chi connectivity index (χ3n) is 6.07. The van der Waals surface area contributed by atoms with E-state index in [0.29, 0.717) is 18.4 Å². The number of aromatic nitrogens is 6. The van der Waals surface area contributed by atoms with E-state index in [1.807, 2.05) is 40.9 Å². The monoisotopic (exact) mass is 380 g/mol. The number of piperidine rings is 1. The third kappa shape index (κ3) is 3.05. The highest BCUT2D eigenvalue weighted by Crippen LogP contribution is 2.28. The molecule has 2 aliphatic heterocycles. The Bertz CT molecular complexity index is 973. The van der Waals surface area contributed by atoms with Crippen LogP contribution >= 0.6 is 0 Å². The van der Waals surface area contributed by atoms with Crippen molar-refractivity contribution in [3.8, 4) is 5.82 Å². The zero-order valence-corrected chi connectivity index (χ0v) is 16.0. The number of hydrogen-bond donors (Lipinski definition) is 0. The fraction of sp³-hybridized carbons (Fsp3) is 0.526. The van der Waals surface area contributed by atoms with E-state index in [-0.39, 0.29) is 5.91 Å². The molecule has 0 spiro atoms. The van der Waals surface area contributed by atoms with Gasteiger partial charge < -0.3 is 9.80 Å².